The monoisotopic (exact) mass is 288 g/mol. The third-order valence-electron chi connectivity index (χ3n) is 1.00. The van der Waals surface area contributed by atoms with Crippen molar-refractivity contribution in [2.24, 2.45) is 0 Å². The van der Waals surface area contributed by atoms with Gasteiger partial charge in [0.1, 0.15) is 0 Å². The second kappa shape index (κ2) is 5.34. The van der Waals surface area contributed by atoms with Crippen LogP contribution in [0.5, 0.6) is 0 Å². The molecule has 0 N–H and O–H groups in total. The second-order valence-corrected chi connectivity index (χ2v) is 9.34. The van der Waals surface area contributed by atoms with Gasteiger partial charge in [-0.1, -0.05) is 35.4 Å². The van der Waals surface area contributed by atoms with Crippen molar-refractivity contribution in [3.63, 3.8) is 0 Å². The lowest BCUT2D eigenvalue weighted by molar-refractivity contribution is 0.588. The van der Waals surface area contributed by atoms with Crippen molar-refractivity contribution in [1.82, 2.24) is 0 Å². The molecule has 12 heavy (non-hydrogen) atoms. The molecule has 0 aliphatic carbocycles. The smallest absolute Gasteiger partial charge is 0.286 e. The topological polar surface area (TPSA) is 17.1 Å². The summed E-state index contributed by atoms with van der Waals surface area (Å²) in [5, 5.41) is 0. The van der Waals surface area contributed by atoms with Crippen molar-refractivity contribution < 1.29 is 4.57 Å². The summed E-state index contributed by atoms with van der Waals surface area (Å²) in [4.78, 5) is 0. The SMILES string of the molecule is O=P(Cl)(Cl)C(Cl)(Cl)CC=CCCl. The van der Waals surface area contributed by atoms with Gasteiger partial charge in [0, 0.05) is 12.3 Å². The molecule has 0 heterocycles. The van der Waals surface area contributed by atoms with E-state index in [2.05, 4.69) is 0 Å². The molecular formula is C5H6Cl5OP. The third-order valence-corrected chi connectivity index (χ3v) is 6.63. The lowest BCUT2D eigenvalue weighted by Crippen LogP contribution is -2.05. The van der Waals surface area contributed by atoms with Gasteiger partial charge in [0.05, 0.1) is 0 Å². The first-order valence-corrected chi connectivity index (χ1v) is 7.70. The molecule has 1 nitrogen and oxygen atoms in total. The highest BCUT2D eigenvalue weighted by atomic mass is 35.9. The van der Waals surface area contributed by atoms with Gasteiger partial charge in [-0.25, -0.2) is 0 Å². The highest BCUT2D eigenvalue weighted by Crippen LogP contribution is 2.72. The van der Waals surface area contributed by atoms with E-state index in [1.54, 1.807) is 12.2 Å². The van der Waals surface area contributed by atoms with E-state index in [1.807, 2.05) is 0 Å². The number of hydrogen-bond acceptors (Lipinski definition) is 1. The van der Waals surface area contributed by atoms with Crippen LogP contribution in [0.25, 0.3) is 0 Å². The summed E-state index contributed by atoms with van der Waals surface area (Å²) in [6.07, 6.45) is 3.29. The predicted octanol–water partition coefficient (Wildman–Crippen LogP) is 4.97. The van der Waals surface area contributed by atoms with Crippen LogP contribution < -0.4 is 0 Å². The van der Waals surface area contributed by atoms with Crippen LogP contribution in [0, 0.1) is 0 Å². The Kier molecular flexibility index (Phi) is 5.97. The highest BCUT2D eigenvalue weighted by molar-refractivity contribution is 8.11. The average molecular weight is 290 g/mol. The zero-order valence-corrected chi connectivity index (χ0v) is 10.5. The van der Waals surface area contributed by atoms with Crippen molar-refractivity contribution in [1.29, 1.82) is 0 Å². The molecular weight excluding hydrogens is 284 g/mol. The zero-order chi connectivity index (χ0) is 9.83. The van der Waals surface area contributed by atoms with Gasteiger partial charge in [0.2, 0.25) is 0 Å². The Bertz CT molecular complexity index is 208. The Morgan fingerprint density at radius 1 is 1.25 bits per heavy atom. The molecule has 0 atom stereocenters. The first-order valence-electron chi connectivity index (χ1n) is 2.89. The van der Waals surface area contributed by atoms with Crippen molar-refractivity contribution >= 4 is 63.1 Å². The Labute approximate surface area is 95.9 Å². The van der Waals surface area contributed by atoms with E-state index in [-0.39, 0.29) is 6.42 Å². The molecule has 7 heteroatoms. The van der Waals surface area contributed by atoms with Crippen LogP contribution in [-0.4, -0.2) is 9.95 Å². The van der Waals surface area contributed by atoms with Crippen LogP contribution in [-0.2, 0) is 4.57 Å². The molecule has 0 saturated carbocycles. The van der Waals surface area contributed by atoms with Gasteiger partial charge in [-0.15, -0.1) is 11.6 Å². The number of hydrogen-bond donors (Lipinski definition) is 0. The van der Waals surface area contributed by atoms with E-state index < -0.39 is 9.92 Å². The lowest BCUT2D eigenvalue weighted by Gasteiger charge is -2.17. The molecule has 0 bridgehead atoms. The Hall–Kier alpha value is 1.42. The molecule has 0 spiro atoms. The second-order valence-electron chi connectivity index (χ2n) is 1.96. The first kappa shape index (κ1) is 13.4. The standard InChI is InChI=1S/C5H6Cl5OP/c6-4-2-1-3-5(7,8)12(9,10)11/h1-2H,3-4H2. The van der Waals surface area contributed by atoms with Crippen molar-refractivity contribution in [2.75, 3.05) is 5.88 Å². The number of allylic oxidation sites excluding steroid dienone is 2. The van der Waals surface area contributed by atoms with Gasteiger partial charge in [0.25, 0.3) is 5.85 Å². The number of halogens is 5. The minimum atomic E-state index is -3.53. The maximum atomic E-state index is 11.0. The van der Waals surface area contributed by atoms with Crippen molar-refractivity contribution in [2.45, 2.75) is 10.5 Å². The molecule has 0 aliphatic rings. The fraction of sp³-hybridized carbons (Fsp3) is 0.600. The summed E-state index contributed by atoms with van der Waals surface area (Å²) in [5.74, 6) is -3.20. The molecule has 0 amide bonds. The fourth-order valence-electron chi connectivity index (χ4n) is 0.394. The first-order chi connectivity index (χ1) is 5.31. The Morgan fingerprint density at radius 3 is 2.08 bits per heavy atom. The molecule has 72 valence electrons. The van der Waals surface area contributed by atoms with Gasteiger partial charge in [-0.2, -0.15) is 0 Å². The summed E-state index contributed by atoms with van der Waals surface area (Å²) < 4.78 is 9.40. The third kappa shape index (κ3) is 4.60. The number of alkyl halides is 3. The summed E-state index contributed by atoms with van der Waals surface area (Å²) >= 11 is 27.1. The van der Waals surface area contributed by atoms with Gasteiger partial charge < -0.3 is 0 Å². The zero-order valence-electron chi connectivity index (χ0n) is 5.81. The van der Waals surface area contributed by atoms with Gasteiger partial charge >= 0.3 is 0 Å². The molecule has 0 aliphatic heterocycles. The minimum absolute atomic E-state index is 0.104. The van der Waals surface area contributed by atoms with E-state index in [4.69, 9.17) is 57.3 Å². The van der Waals surface area contributed by atoms with E-state index in [1.165, 1.54) is 0 Å². The maximum absolute atomic E-state index is 11.0. The molecule has 0 rings (SSSR count). The van der Waals surface area contributed by atoms with Crippen molar-refractivity contribution in [3.8, 4) is 0 Å². The summed E-state index contributed by atoms with van der Waals surface area (Å²) in [6.45, 7) is 0. The van der Waals surface area contributed by atoms with E-state index in [9.17, 15) is 4.57 Å². The van der Waals surface area contributed by atoms with Gasteiger partial charge in [-0.05, 0) is 22.5 Å². The van der Waals surface area contributed by atoms with E-state index >= 15 is 0 Å². The summed E-state index contributed by atoms with van der Waals surface area (Å²) in [6, 6.07) is 0. The molecule has 0 aromatic heterocycles. The molecule has 0 unspecified atom stereocenters. The van der Waals surface area contributed by atoms with Crippen LogP contribution in [0.15, 0.2) is 12.2 Å². The predicted molar refractivity (Wildman–Crippen MR) is 58.2 cm³/mol. The normalized spacial score (nSPS) is 14.1. The van der Waals surface area contributed by atoms with Crippen LogP contribution in [0.3, 0.4) is 0 Å². The van der Waals surface area contributed by atoms with Crippen LogP contribution in [0.1, 0.15) is 6.42 Å². The van der Waals surface area contributed by atoms with Crippen molar-refractivity contribution in [3.05, 3.63) is 12.2 Å². The lowest BCUT2D eigenvalue weighted by atomic mass is 10.4. The quantitative estimate of drug-likeness (QED) is 0.406. The average Bonchev–Trinajstić information content (AvgIpc) is 1.85. The van der Waals surface area contributed by atoms with Crippen LogP contribution in [0.2, 0.25) is 0 Å². The minimum Gasteiger partial charge on any atom is -0.286 e. The van der Waals surface area contributed by atoms with Crippen LogP contribution in [0.4, 0.5) is 0 Å². The van der Waals surface area contributed by atoms with Gasteiger partial charge in [-0.3, -0.25) is 4.57 Å². The Balaban J connectivity index is 4.24. The highest BCUT2D eigenvalue weighted by Gasteiger charge is 2.41. The molecule has 0 aromatic rings. The van der Waals surface area contributed by atoms with Gasteiger partial charge in [0.15, 0.2) is 4.07 Å². The largest absolute Gasteiger partial charge is 0.288 e. The summed E-state index contributed by atoms with van der Waals surface area (Å²) in [5.41, 5.74) is 0. The molecule has 0 radical (unpaired) electrons. The maximum Gasteiger partial charge on any atom is 0.288 e. The summed E-state index contributed by atoms with van der Waals surface area (Å²) in [7, 11) is 0. The molecule has 0 aromatic carbocycles. The van der Waals surface area contributed by atoms with Crippen LogP contribution >= 0.6 is 63.1 Å². The van der Waals surface area contributed by atoms with E-state index in [0.29, 0.717) is 5.88 Å². The Morgan fingerprint density at radius 2 is 1.75 bits per heavy atom. The number of rotatable bonds is 4. The van der Waals surface area contributed by atoms with E-state index in [0.717, 1.165) is 0 Å². The fourth-order valence-corrected chi connectivity index (χ4v) is 1.43. The molecule has 0 saturated heterocycles. The molecule has 0 fully saturated rings.